The number of nitrogens with zero attached hydrogens (tertiary/aromatic N) is 6. The Bertz CT molecular complexity index is 896. The lowest BCUT2D eigenvalue weighted by Gasteiger charge is -2.36. The first-order chi connectivity index (χ1) is 13.6. The van der Waals surface area contributed by atoms with Crippen LogP contribution in [-0.4, -0.2) is 56.3 Å². The molecular formula is C20H26N6O2. The highest BCUT2D eigenvalue weighted by Crippen LogP contribution is 2.21. The summed E-state index contributed by atoms with van der Waals surface area (Å²) in [6.07, 6.45) is 0.790. The number of piperazine rings is 1. The summed E-state index contributed by atoms with van der Waals surface area (Å²) in [5.41, 5.74) is 2.19. The molecule has 8 nitrogen and oxygen atoms in total. The van der Waals surface area contributed by atoms with Gasteiger partial charge in [-0.25, -0.2) is 0 Å². The number of aromatic nitrogens is 4. The lowest BCUT2D eigenvalue weighted by atomic mass is 10.1. The van der Waals surface area contributed by atoms with Gasteiger partial charge in [0.2, 0.25) is 17.6 Å². The van der Waals surface area contributed by atoms with Crippen molar-refractivity contribution in [1.29, 1.82) is 0 Å². The van der Waals surface area contributed by atoms with Crippen LogP contribution in [0, 0.1) is 6.92 Å². The maximum absolute atomic E-state index is 5.46. The van der Waals surface area contributed by atoms with Gasteiger partial charge in [0.1, 0.15) is 0 Å². The molecule has 1 aromatic carbocycles. The summed E-state index contributed by atoms with van der Waals surface area (Å²) < 4.78 is 10.9. The van der Waals surface area contributed by atoms with E-state index in [4.69, 9.17) is 9.05 Å². The van der Waals surface area contributed by atoms with Gasteiger partial charge in [0.15, 0.2) is 5.82 Å². The van der Waals surface area contributed by atoms with Crippen LogP contribution in [0.1, 0.15) is 43.1 Å². The maximum atomic E-state index is 5.46. The van der Waals surface area contributed by atoms with Crippen molar-refractivity contribution in [3.8, 4) is 11.4 Å². The minimum atomic E-state index is 0.131. The summed E-state index contributed by atoms with van der Waals surface area (Å²) in [4.78, 5) is 13.7. The summed E-state index contributed by atoms with van der Waals surface area (Å²) in [7, 11) is 0. The van der Waals surface area contributed by atoms with Gasteiger partial charge in [0, 0.05) is 38.2 Å². The molecule has 0 radical (unpaired) electrons. The van der Waals surface area contributed by atoms with Gasteiger partial charge in [-0.05, 0) is 13.8 Å². The van der Waals surface area contributed by atoms with Crippen LogP contribution < -0.4 is 0 Å². The largest absolute Gasteiger partial charge is 0.338 e. The second kappa shape index (κ2) is 8.20. The SMILES string of the molecule is CCc1noc(C(C)N2CCN(Cc3nc(-c4ccc(C)cc4)no3)CC2)n1. The monoisotopic (exact) mass is 382 g/mol. The molecule has 0 amide bonds. The first-order valence-electron chi connectivity index (χ1n) is 9.81. The first kappa shape index (κ1) is 18.8. The van der Waals surface area contributed by atoms with Crippen LogP contribution in [-0.2, 0) is 13.0 Å². The quantitative estimate of drug-likeness (QED) is 0.643. The van der Waals surface area contributed by atoms with E-state index in [9.17, 15) is 0 Å². The van der Waals surface area contributed by atoms with Crippen LogP contribution in [0.3, 0.4) is 0 Å². The van der Waals surface area contributed by atoms with Crippen LogP contribution >= 0.6 is 0 Å². The van der Waals surface area contributed by atoms with Crippen molar-refractivity contribution >= 4 is 0 Å². The van der Waals surface area contributed by atoms with Gasteiger partial charge in [0.25, 0.3) is 0 Å². The van der Waals surface area contributed by atoms with Gasteiger partial charge in [-0.2, -0.15) is 9.97 Å². The molecule has 0 spiro atoms. The van der Waals surface area contributed by atoms with Crippen molar-refractivity contribution in [2.24, 2.45) is 0 Å². The van der Waals surface area contributed by atoms with Crippen molar-refractivity contribution < 1.29 is 9.05 Å². The third kappa shape index (κ3) is 4.13. The Morgan fingerprint density at radius 3 is 2.43 bits per heavy atom. The average molecular weight is 382 g/mol. The first-order valence-corrected chi connectivity index (χ1v) is 9.81. The van der Waals surface area contributed by atoms with Gasteiger partial charge in [-0.1, -0.05) is 47.1 Å². The molecule has 28 heavy (non-hydrogen) atoms. The standard InChI is InChI=1S/C20H26N6O2/c1-4-17-21-20(28-23-17)15(3)26-11-9-25(10-12-26)13-18-22-19(24-27-18)16-7-5-14(2)6-8-16/h5-8,15H,4,9-13H2,1-3H3. The molecule has 8 heteroatoms. The smallest absolute Gasteiger partial charge is 0.243 e. The van der Waals surface area contributed by atoms with E-state index in [1.54, 1.807) is 0 Å². The Kier molecular flexibility index (Phi) is 5.50. The fourth-order valence-corrected chi connectivity index (χ4v) is 3.38. The number of rotatable bonds is 6. The Morgan fingerprint density at radius 1 is 1.00 bits per heavy atom. The van der Waals surface area contributed by atoms with E-state index in [1.165, 1.54) is 5.56 Å². The van der Waals surface area contributed by atoms with E-state index < -0.39 is 0 Å². The molecular weight excluding hydrogens is 356 g/mol. The third-order valence-electron chi connectivity index (χ3n) is 5.25. The van der Waals surface area contributed by atoms with Crippen LogP contribution in [0.15, 0.2) is 33.3 Å². The Balaban J connectivity index is 1.31. The van der Waals surface area contributed by atoms with E-state index in [0.29, 0.717) is 24.2 Å². The molecule has 1 fully saturated rings. The van der Waals surface area contributed by atoms with Gasteiger partial charge in [0.05, 0.1) is 12.6 Å². The fraction of sp³-hybridized carbons (Fsp3) is 0.500. The molecule has 1 atom stereocenters. The normalized spacial score (nSPS) is 17.1. The summed E-state index contributed by atoms with van der Waals surface area (Å²) in [6.45, 7) is 10.6. The van der Waals surface area contributed by atoms with Crippen molar-refractivity contribution in [2.75, 3.05) is 26.2 Å². The minimum Gasteiger partial charge on any atom is -0.338 e. The third-order valence-corrected chi connectivity index (χ3v) is 5.25. The molecule has 1 unspecified atom stereocenters. The van der Waals surface area contributed by atoms with Crippen molar-refractivity contribution in [1.82, 2.24) is 30.1 Å². The maximum Gasteiger partial charge on any atom is 0.243 e. The number of benzene rings is 1. The number of hydrogen-bond donors (Lipinski definition) is 0. The second-order valence-electron chi connectivity index (χ2n) is 7.27. The Labute approximate surface area is 164 Å². The van der Waals surface area contributed by atoms with Crippen LogP contribution in [0.5, 0.6) is 0 Å². The lowest BCUT2D eigenvalue weighted by Crippen LogP contribution is -2.46. The van der Waals surface area contributed by atoms with Crippen LogP contribution in [0.25, 0.3) is 11.4 Å². The zero-order valence-corrected chi connectivity index (χ0v) is 16.6. The molecule has 2 aromatic heterocycles. The molecule has 0 N–H and O–H groups in total. The van der Waals surface area contributed by atoms with Gasteiger partial charge in [-0.3, -0.25) is 9.80 Å². The fourth-order valence-electron chi connectivity index (χ4n) is 3.38. The predicted octanol–water partition coefficient (Wildman–Crippen LogP) is 2.87. The summed E-state index contributed by atoms with van der Waals surface area (Å²) in [5, 5.41) is 8.13. The van der Waals surface area contributed by atoms with E-state index in [0.717, 1.165) is 44.0 Å². The second-order valence-corrected chi connectivity index (χ2v) is 7.27. The van der Waals surface area contributed by atoms with Crippen molar-refractivity contribution in [3.63, 3.8) is 0 Å². The predicted molar refractivity (Wildman–Crippen MR) is 103 cm³/mol. The number of aryl methyl sites for hydroxylation is 2. The summed E-state index contributed by atoms with van der Waals surface area (Å²) in [6, 6.07) is 8.28. The van der Waals surface area contributed by atoms with Crippen molar-refractivity contribution in [2.45, 2.75) is 39.8 Å². The molecule has 3 heterocycles. The van der Waals surface area contributed by atoms with E-state index in [2.05, 4.69) is 56.1 Å². The lowest BCUT2D eigenvalue weighted by molar-refractivity contribution is 0.0785. The topological polar surface area (TPSA) is 84.3 Å². The van der Waals surface area contributed by atoms with Gasteiger partial charge < -0.3 is 9.05 Å². The molecule has 3 aromatic rings. The minimum absolute atomic E-state index is 0.131. The molecule has 0 bridgehead atoms. The summed E-state index contributed by atoms with van der Waals surface area (Å²) >= 11 is 0. The molecule has 1 saturated heterocycles. The highest BCUT2D eigenvalue weighted by molar-refractivity contribution is 5.54. The average Bonchev–Trinajstić information content (AvgIpc) is 3.38. The van der Waals surface area contributed by atoms with Crippen molar-refractivity contribution in [3.05, 3.63) is 47.4 Å². The molecule has 1 aliphatic rings. The number of hydrogen-bond acceptors (Lipinski definition) is 8. The van der Waals surface area contributed by atoms with Gasteiger partial charge in [-0.15, -0.1) is 0 Å². The van der Waals surface area contributed by atoms with Crippen LogP contribution in [0.4, 0.5) is 0 Å². The molecule has 4 rings (SSSR count). The van der Waals surface area contributed by atoms with E-state index in [-0.39, 0.29) is 6.04 Å². The molecule has 1 aliphatic heterocycles. The molecule has 0 saturated carbocycles. The molecule has 0 aliphatic carbocycles. The van der Waals surface area contributed by atoms with Gasteiger partial charge >= 0.3 is 0 Å². The Morgan fingerprint density at radius 2 is 1.75 bits per heavy atom. The highest BCUT2D eigenvalue weighted by atomic mass is 16.5. The Hall–Kier alpha value is -2.58. The van der Waals surface area contributed by atoms with E-state index >= 15 is 0 Å². The van der Waals surface area contributed by atoms with Crippen LogP contribution in [0.2, 0.25) is 0 Å². The highest BCUT2D eigenvalue weighted by Gasteiger charge is 2.26. The molecule has 148 valence electrons. The zero-order valence-electron chi connectivity index (χ0n) is 16.6. The zero-order chi connectivity index (χ0) is 19.5. The van der Waals surface area contributed by atoms with E-state index in [1.807, 2.05) is 19.1 Å². The summed E-state index contributed by atoms with van der Waals surface area (Å²) in [5.74, 6) is 2.76.